The summed E-state index contributed by atoms with van der Waals surface area (Å²) in [6.45, 7) is 0.0280. The molecule has 0 aliphatic heterocycles. The van der Waals surface area contributed by atoms with Crippen LogP contribution < -0.4 is 10.6 Å². The summed E-state index contributed by atoms with van der Waals surface area (Å²) in [4.78, 5) is 21.6. The maximum absolute atomic E-state index is 11.4. The van der Waals surface area contributed by atoms with Gasteiger partial charge in [-0.05, 0) is 18.2 Å². The van der Waals surface area contributed by atoms with E-state index in [1.807, 2.05) is 6.07 Å². The fourth-order valence-corrected chi connectivity index (χ4v) is 1.54. The van der Waals surface area contributed by atoms with E-state index in [1.54, 1.807) is 18.2 Å². The number of urea groups is 1. The highest BCUT2D eigenvalue weighted by atomic mass is 79.9. The van der Waals surface area contributed by atoms with E-state index >= 15 is 0 Å². The van der Waals surface area contributed by atoms with Gasteiger partial charge in [0.05, 0.1) is 6.61 Å². The molecule has 6 nitrogen and oxygen atoms in total. The third kappa shape index (κ3) is 6.21. The highest BCUT2D eigenvalue weighted by molar-refractivity contribution is 9.10. The fraction of sp³-hybridized carbons (Fsp3) is 0.273. The first-order chi connectivity index (χ1) is 8.58. The zero-order valence-corrected chi connectivity index (χ0v) is 11.1. The molecular weight excluding hydrogens is 304 g/mol. The molecule has 1 aromatic carbocycles. The molecule has 0 bridgehead atoms. The number of amides is 2. The smallest absolute Gasteiger partial charge is 0.329 e. The van der Waals surface area contributed by atoms with Gasteiger partial charge in [-0.3, -0.25) is 0 Å². The number of aliphatic carboxylic acids is 1. The number of nitrogens with one attached hydrogen (secondary N) is 2. The third-order valence-electron chi connectivity index (χ3n) is 1.84. The van der Waals surface area contributed by atoms with Crippen LogP contribution in [0.4, 0.5) is 10.5 Å². The van der Waals surface area contributed by atoms with Crippen molar-refractivity contribution in [3.63, 3.8) is 0 Å². The molecule has 18 heavy (non-hydrogen) atoms. The van der Waals surface area contributed by atoms with Gasteiger partial charge in [0.25, 0.3) is 0 Å². The average molecular weight is 317 g/mol. The van der Waals surface area contributed by atoms with Gasteiger partial charge in [-0.25, -0.2) is 9.59 Å². The number of carboxylic acids is 1. The zero-order valence-electron chi connectivity index (χ0n) is 9.48. The van der Waals surface area contributed by atoms with Crippen molar-refractivity contribution in [3.8, 4) is 0 Å². The molecule has 7 heteroatoms. The van der Waals surface area contributed by atoms with Gasteiger partial charge in [0.15, 0.2) is 0 Å². The second-order valence-electron chi connectivity index (χ2n) is 3.34. The van der Waals surface area contributed by atoms with Crippen molar-refractivity contribution >= 4 is 33.6 Å². The first kappa shape index (κ1) is 14.5. The number of carboxylic acid groups (broad SMARTS) is 1. The predicted molar refractivity (Wildman–Crippen MR) is 69.6 cm³/mol. The average Bonchev–Trinajstić information content (AvgIpc) is 2.28. The van der Waals surface area contributed by atoms with Crippen LogP contribution in [-0.4, -0.2) is 36.9 Å². The Kier molecular flexibility index (Phi) is 6.16. The molecule has 0 atom stereocenters. The lowest BCUT2D eigenvalue weighted by molar-refractivity contribution is -0.142. The van der Waals surface area contributed by atoms with Crippen LogP contribution in [0.5, 0.6) is 0 Å². The monoisotopic (exact) mass is 316 g/mol. The molecule has 98 valence electrons. The van der Waals surface area contributed by atoms with E-state index in [2.05, 4.69) is 26.6 Å². The van der Waals surface area contributed by atoms with Crippen LogP contribution in [0, 0.1) is 0 Å². The van der Waals surface area contributed by atoms with Gasteiger partial charge >= 0.3 is 12.0 Å². The normalized spacial score (nSPS) is 9.83. The van der Waals surface area contributed by atoms with Crippen molar-refractivity contribution in [1.82, 2.24) is 5.32 Å². The highest BCUT2D eigenvalue weighted by Crippen LogP contribution is 2.15. The van der Waals surface area contributed by atoms with Gasteiger partial charge in [-0.2, -0.15) is 0 Å². The summed E-state index contributed by atoms with van der Waals surface area (Å²) in [7, 11) is 0. The maximum atomic E-state index is 11.4. The zero-order chi connectivity index (χ0) is 13.4. The number of benzene rings is 1. The molecule has 0 aromatic heterocycles. The number of anilines is 1. The van der Waals surface area contributed by atoms with E-state index in [4.69, 9.17) is 9.84 Å². The van der Waals surface area contributed by atoms with Gasteiger partial charge < -0.3 is 20.5 Å². The standard InChI is InChI=1S/C11H13BrN2O4/c12-8-2-1-3-9(6-8)14-11(17)13-4-5-18-7-10(15)16/h1-3,6H,4-5,7H2,(H,15,16)(H2,13,14,17). The second-order valence-corrected chi connectivity index (χ2v) is 4.25. The summed E-state index contributed by atoms with van der Waals surface area (Å²) in [6.07, 6.45) is 0. The Labute approximate surface area is 112 Å². The molecule has 0 saturated heterocycles. The minimum absolute atomic E-state index is 0.151. The first-order valence-corrected chi connectivity index (χ1v) is 5.97. The third-order valence-corrected chi connectivity index (χ3v) is 2.33. The van der Waals surface area contributed by atoms with E-state index in [-0.39, 0.29) is 25.8 Å². The molecule has 0 saturated carbocycles. The summed E-state index contributed by atoms with van der Waals surface area (Å²) in [5.74, 6) is -1.03. The molecule has 1 rings (SSSR count). The minimum Gasteiger partial charge on any atom is -0.480 e. The Hall–Kier alpha value is -1.60. The van der Waals surface area contributed by atoms with E-state index in [9.17, 15) is 9.59 Å². The van der Waals surface area contributed by atoms with E-state index < -0.39 is 5.97 Å². The second kappa shape index (κ2) is 7.67. The van der Waals surface area contributed by atoms with Crippen LogP contribution in [0.25, 0.3) is 0 Å². The lowest BCUT2D eigenvalue weighted by Gasteiger charge is -2.07. The Morgan fingerprint density at radius 1 is 1.39 bits per heavy atom. The number of halogens is 1. The van der Waals surface area contributed by atoms with Crippen molar-refractivity contribution < 1.29 is 19.4 Å². The SMILES string of the molecule is O=C(O)COCCNC(=O)Nc1cccc(Br)c1. The van der Waals surface area contributed by atoms with Crippen molar-refractivity contribution in [2.75, 3.05) is 25.1 Å². The molecule has 3 N–H and O–H groups in total. The summed E-state index contributed by atoms with van der Waals surface area (Å²) < 4.78 is 5.63. The van der Waals surface area contributed by atoms with Crippen LogP contribution in [0.1, 0.15) is 0 Å². The van der Waals surface area contributed by atoms with Gasteiger partial charge in [-0.15, -0.1) is 0 Å². The predicted octanol–water partition coefficient (Wildman–Crippen LogP) is 1.67. The van der Waals surface area contributed by atoms with E-state index in [1.165, 1.54) is 0 Å². The Morgan fingerprint density at radius 2 is 2.17 bits per heavy atom. The lowest BCUT2D eigenvalue weighted by atomic mass is 10.3. The highest BCUT2D eigenvalue weighted by Gasteiger charge is 2.01. The molecule has 0 aliphatic carbocycles. The van der Waals surface area contributed by atoms with Crippen molar-refractivity contribution in [2.45, 2.75) is 0 Å². The number of rotatable bonds is 6. The molecule has 0 aliphatic rings. The maximum Gasteiger partial charge on any atom is 0.329 e. The number of hydrogen-bond acceptors (Lipinski definition) is 3. The summed E-state index contributed by atoms with van der Waals surface area (Å²) in [5, 5.41) is 13.5. The first-order valence-electron chi connectivity index (χ1n) is 5.18. The van der Waals surface area contributed by atoms with Gasteiger partial charge in [0.2, 0.25) is 0 Å². The van der Waals surface area contributed by atoms with Crippen molar-refractivity contribution in [1.29, 1.82) is 0 Å². The molecule has 0 unspecified atom stereocenters. The number of hydrogen-bond donors (Lipinski definition) is 3. The molecular formula is C11H13BrN2O4. The molecule has 2 amide bonds. The van der Waals surface area contributed by atoms with Crippen LogP contribution in [0.15, 0.2) is 28.7 Å². The molecule has 0 fully saturated rings. The quantitative estimate of drug-likeness (QED) is 0.697. The fourth-order valence-electron chi connectivity index (χ4n) is 1.14. The summed E-state index contributed by atoms with van der Waals surface area (Å²) >= 11 is 3.29. The Morgan fingerprint density at radius 3 is 2.83 bits per heavy atom. The van der Waals surface area contributed by atoms with Crippen LogP contribution >= 0.6 is 15.9 Å². The molecule has 1 aromatic rings. The van der Waals surface area contributed by atoms with Gasteiger partial charge in [0.1, 0.15) is 6.61 Å². The van der Waals surface area contributed by atoms with Crippen LogP contribution in [0.2, 0.25) is 0 Å². The summed E-state index contributed by atoms with van der Waals surface area (Å²) in [5.41, 5.74) is 0.660. The number of carbonyl (C=O) groups is 2. The van der Waals surface area contributed by atoms with E-state index in [0.717, 1.165) is 4.47 Å². The summed E-state index contributed by atoms with van der Waals surface area (Å²) in [6, 6.07) is 6.80. The lowest BCUT2D eigenvalue weighted by Crippen LogP contribution is -2.31. The minimum atomic E-state index is -1.03. The van der Waals surface area contributed by atoms with Crippen molar-refractivity contribution in [3.05, 3.63) is 28.7 Å². The van der Waals surface area contributed by atoms with Crippen molar-refractivity contribution in [2.24, 2.45) is 0 Å². The molecule has 0 heterocycles. The molecule has 0 spiro atoms. The topological polar surface area (TPSA) is 87.7 Å². The largest absolute Gasteiger partial charge is 0.480 e. The van der Waals surface area contributed by atoms with Gasteiger partial charge in [0, 0.05) is 16.7 Å². The van der Waals surface area contributed by atoms with Crippen LogP contribution in [0.3, 0.4) is 0 Å². The molecule has 0 radical (unpaired) electrons. The Bertz CT molecular complexity index is 425. The van der Waals surface area contributed by atoms with Gasteiger partial charge in [-0.1, -0.05) is 22.0 Å². The van der Waals surface area contributed by atoms with Crippen LogP contribution in [-0.2, 0) is 9.53 Å². The number of carbonyl (C=O) groups excluding carboxylic acids is 1. The van der Waals surface area contributed by atoms with E-state index in [0.29, 0.717) is 5.69 Å². The Balaban J connectivity index is 2.20. The number of ether oxygens (including phenoxy) is 1.